The second-order valence-electron chi connectivity index (χ2n) is 9.16. The van der Waals surface area contributed by atoms with Crippen molar-refractivity contribution in [2.75, 3.05) is 29.1 Å². The largest absolute Gasteiger partial charge is 0.367 e. The van der Waals surface area contributed by atoms with E-state index < -0.39 is 0 Å². The fourth-order valence-corrected chi connectivity index (χ4v) is 4.70. The molecule has 3 aromatic rings. The Bertz CT molecular complexity index is 1240. The van der Waals surface area contributed by atoms with Gasteiger partial charge in [0.15, 0.2) is 10.8 Å². The fourth-order valence-electron chi connectivity index (χ4n) is 4.13. The number of aryl methyl sites for hydroxylation is 2. The fraction of sp³-hybridized carbons (Fsp3) is 0.480. The third-order valence-corrected chi connectivity index (χ3v) is 6.82. The van der Waals surface area contributed by atoms with Crippen LogP contribution < -0.4 is 15.5 Å². The lowest BCUT2D eigenvalue weighted by Gasteiger charge is -2.18. The van der Waals surface area contributed by atoms with Crippen molar-refractivity contribution >= 4 is 46.1 Å². The summed E-state index contributed by atoms with van der Waals surface area (Å²) >= 11 is 1.58. The zero-order valence-corrected chi connectivity index (χ0v) is 21.8. The third kappa shape index (κ3) is 5.58. The molecule has 186 valence electrons. The average molecular weight is 496 g/mol. The minimum absolute atomic E-state index is 0.0192. The number of thioether (sulfide) groups is 1. The Morgan fingerprint density at radius 1 is 1.23 bits per heavy atom. The normalized spacial score (nSPS) is 15.9. The third-order valence-electron chi connectivity index (χ3n) is 6.10. The first-order chi connectivity index (χ1) is 16.8. The number of amides is 2. The Kier molecular flexibility index (Phi) is 7.59. The Morgan fingerprint density at radius 3 is 2.74 bits per heavy atom. The molecule has 9 nitrogen and oxygen atoms in total. The monoisotopic (exact) mass is 495 g/mol. The van der Waals surface area contributed by atoms with Crippen LogP contribution in [-0.4, -0.2) is 56.4 Å². The molecule has 0 saturated carbocycles. The Hall–Kier alpha value is -3.14. The molecule has 1 aromatic carbocycles. The summed E-state index contributed by atoms with van der Waals surface area (Å²) in [5.41, 5.74) is 3.90. The van der Waals surface area contributed by atoms with E-state index in [0.29, 0.717) is 24.8 Å². The molecule has 35 heavy (non-hydrogen) atoms. The van der Waals surface area contributed by atoms with Crippen LogP contribution in [0.15, 0.2) is 29.6 Å². The number of benzene rings is 1. The zero-order chi connectivity index (χ0) is 25.1. The summed E-state index contributed by atoms with van der Waals surface area (Å²) in [7, 11) is 0. The van der Waals surface area contributed by atoms with Crippen molar-refractivity contribution in [1.29, 1.82) is 0 Å². The second-order valence-corrected chi connectivity index (χ2v) is 10.4. The molecule has 1 aliphatic heterocycles. The van der Waals surface area contributed by atoms with Crippen LogP contribution in [0.25, 0.3) is 11.0 Å². The highest BCUT2D eigenvalue weighted by Gasteiger charge is 2.35. The summed E-state index contributed by atoms with van der Waals surface area (Å²) in [6, 6.07) is 6.19. The lowest BCUT2D eigenvalue weighted by atomic mass is 10.1. The second kappa shape index (κ2) is 10.6. The lowest BCUT2D eigenvalue weighted by molar-refractivity contribution is -0.126. The zero-order valence-electron chi connectivity index (χ0n) is 21.0. The number of aromatic nitrogens is 4. The molecule has 1 saturated heterocycles. The number of rotatable bonds is 9. The van der Waals surface area contributed by atoms with Crippen LogP contribution in [0.2, 0.25) is 0 Å². The number of anilines is 2. The van der Waals surface area contributed by atoms with Gasteiger partial charge in [-0.1, -0.05) is 24.8 Å². The molecule has 1 fully saturated rings. The number of hydrogen-bond donors (Lipinski definition) is 2. The Labute approximate surface area is 210 Å². The number of hydrogen-bond acceptors (Lipinski definition) is 7. The molecule has 2 amide bonds. The molecule has 4 rings (SSSR count). The van der Waals surface area contributed by atoms with Gasteiger partial charge in [0.1, 0.15) is 5.82 Å². The van der Waals surface area contributed by atoms with Crippen LogP contribution in [0.1, 0.15) is 38.3 Å². The molecule has 1 aliphatic rings. The number of nitrogens with one attached hydrogen (secondary N) is 2. The SMILES string of the molecule is CCSc1nc(NC(C)C)c2cnn(CCNC(=O)C3CC(=O)N(c4ccc(C)c(C)c4)C3)c2n1. The van der Waals surface area contributed by atoms with E-state index in [4.69, 9.17) is 0 Å². The van der Waals surface area contributed by atoms with Crippen LogP contribution in [0.3, 0.4) is 0 Å². The highest BCUT2D eigenvalue weighted by Crippen LogP contribution is 2.27. The summed E-state index contributed by atoms with van der Waals surface area (Å²) in [4.78, 5) is 36.5. The van der Waals surface area contributed by atoms with Crippen molar-refractivity contribution in [2.45, 2.75) is 58.8 Å². The standard InChI is InChI=1S/C25H33N7O2S/c1-6-35-25-29-22(28-15(2)3)20-13-27-32(23(20)30-25)10-9-26-24(34)18-12-21(33)31(14-18)19-8-7-16(4)17(5)11-19/h7-8,11,13,15,18H,6,9-10,12,14H2,1-5H3,(H,26,34)(H,28,29,30). The topological polar surface area (TPSA) is 105 Å². The molecule has 0 bridgehead atoms. The summed E-state index contributed by atoms with van der Waals surface area (Å²) in [6.45, 7) is 11.5. The molecule has 3 heterocycles. The summed E-state index contributed by atoms with van der Waals surface area (Å²) in [5.74, 6) is 1.15. The first kappa shape index (κ1) is 25.0. The predicted octanol–water partition coefficient (Wildman–Crippen LogP) is 3.54. The average Bonchev–Trinajstić information content (AvgIpc) is 3.39. The van der Waals surface area contributed by atoms with Crippen molar-refractivity contribution in [1.82, 2.24) is 25.1 Å². The smallest absolute Gasteiger partial charge is 0.227 e. The lowest BCUT2D eigenvalue weighted by Crippen LogP contribution is -2.35. The van der Waals surface area contributed by atoms with Gasteiger partial charge in [0.05, 0.1) is 24.0 Å². The quantitative estimate of drug-likeness (QED) is 0.345. The van der Waals surface area contributed by atoms with Crippen molar-refractivity contribution in [3.63, 3.8) is 0 Å². The van der Waals surface area contributed by atoms with Crippen molar-refractivity contribution in [3.05, 3.63) is 35.5 Å². The van der Waals surface area contributed by atoms with Crippen molar-refractivity contribution in [2.24, 2.45) is 5.92 Å². The summed E-state index contributed by atoms with van der Waals surface area (Å²) in [6.07, 6.45) is 1.98. The van der Waals surface area contributed by atoms with Crippen LogP contribution in [0, 0.1) is 19.8 Å². The Morgan fingerprint density at radius 2 is 2.03 bits per heavy atom. The molecule has 2 aromatic heterocycles. The molecule has 0 aliphatic carbocycles. The van der Waals surface area contributed by atoms with Crippen LogP contribution in [0.4, 0.5) is 11.5 Å². The van der Waals surface area contributed by atoms with E-state index in [0.717, 1.165) is 33.9 Å². The minimum Gasteiger partial charge on any atom is -0.367 e. The van der Waals surface area contributed by atoms with E-state index in [2.05, 4.69) is 46.5 Å². The molecular weight excluding hydrogens is 462 g/mol. The van der Waals surface area contributed by atoms with E-state index in [-0.39, 0.29) is 30.2 Å². The molecule has 0 spiro atoms. The summed E-state index contributed by atoms with van der Waals surface area (Å²) in [5, 5.41) is 12.4. The van der Waals surface area contributed by atoms with E-state index in [1.165, 1.54) is 5.56 Å². The predicted molar refractivity (Wildman–Crippen MR) is 140 cm³/mol. The number of nitrogens with zero attached hydrogens (tertiary/aromatic N) is 5. The number of carbonyl (C=O) groups excluding carboxylic acids is 2. The molecule has 2 N–H and O–H groups in total. The van der Waals surface area contributed by atoms with Gasteiger partial charge < -0.3 is 15.5 Å². The van der Waals surface area contributed by atoms with Gasteiger partial charge in [0.25, 0.3) is 0 Å². The van der Waals surface area contributed by atoms with Gasteiger partial charge in [0.2, 0.25) is 11.8 Å². The first-order valence-electron chi connectivity index (χ1n) is 12.0. The minimum atomic E-state index is -0.366. The van der Waals surface area contributed by atoms with E-state index in [9.17, 15) is 9.59 Å². The van der Waals surface area contributed by atoms with Crippen LogP contribution in [-0.2, 0) is 16.1 Å². The van der Waals surface area contributed by atoms with Gasteiger partial charge in [0, 0.05) is 31.2 Å². The van der Waals surface area contributed by atoms with E-state index in [1.807, 2.05) is 32.0 Å². The highest BCUT2D eigenvalue weighted by molar-refractivity contribution is 7.99. The van der Waals surface area contributed by atoms with E-state index >= 15 is 0 Å². The molecule has 1 atom stereocenters. The molecule has 0 radical (unpaired) electrons. The number of carbonyl (C=O) groups is 2. The van der Waals surface area contributed by atoms with Gasteiger partial charge in [-0.05, 0) is 56.7 Å². The Balaban J connectivity index is 1.40. The van der Waals surface area contributed by atoms with Crippen molar-refractivity contribution in [3.8, 4) is 0 Å². The highest BCUT2D eigenvalue weighted by atomic mass is 32.2. The maximum atomic E-state index is 12.8. The molecule has 10 heteroatoms. The number of fused-ring (bicyclic) bond motifs is 1. The van der Waals surface area contributed by atoms with Gasteiger partial charge in [-0.15, -0.1) is 0 Å². The van der Waals surface area contributed by atoms with E-state index in [1.54, 1.807) is 27.5 Å². The van der Waals surface area contributed by atoms with Gasteiger partial charge >= 0.3 is 0 Å². The summed E-state index contributed by atoms with van der Waals surface area (Å²) < 4.78 is 1.80. The van der Waals surface area contributed by atoms with Crippen LogP contribution in [0.5, 0.6) is 0 Å². The first-order valence-corrected chi connectivity index (χ1v) is 13.0. The molecule has 1 unspecified atom stereocenters. The van der Waals surface area contributed by atoms with Gasteiger partial charge in [-0.25, -0.2) is 14.6 Å². The van der Waals surface area contributed by atoms with Gasteiger partial charge in [-0.3, -0.25) is 9.59 Å². The molecular formula is C25H33N7O2S. The van der Waals surface area contributed by atoms with Gasteiger partial charge in [-0.2, -0.15) is 5.10 Å². The maximum Gasteiger partial charge on any atom is 0.227 e. The van der Waals surface area contributed by atoms with Crippen molar-refractivity contribution < 1.29 is 9.59 Å². The van der Waals surface area contributed by atoms with Crippen LogP contribution >= 0.6 is 11.8 Å². The maximum absolute atomic E-state index is 12.8.